The van der Waals surface area contributed by atoms with Crippen LogP contribution in [0.1, 0.15) is 25.3 Å². The van der Waals surface area contributed by atoms with E-state index < -0.39 is 5.82 Å². The fourth-order valence-corrected chi connectivity index (χ4v) is 1.70. The number of H-pyrrole nitrogens is 1. The van der Waals surface area contributed by atoms with Crippen LogP contribution in [0.25, 0.3) is 11.0 Å². The second-order valence-corrected chi connectivity index (χ2v) is 4.19. The van der Waals surface area contributed by atoms with Gasteiger partial charge in [-0.3, -0.25) is 19.9 Å². The Morgan fingerprint density at radius 2 is 1.62 bits per heavy atom. The number of hydrogen-bond acceptors (Lipinski definition) is 4. The van der Waals surface area contributed by atoms with E-state index in [4.69, 9.17) is 0 Å². The van der Waals surface area contributed by atoms with Crippen LogP contribution in [0.2, 0.25) is 0 Å². The predicted octanol–water partition coefficient (Wildman–Crippen LogP) is 4.03. The van der Waals surface area contributed by atoms with E-state index in [2.05, 4.69) is 36.1 Å². The summed E-state index contributed by atoms with van der Waals surface area (Å²) in [7, 11) is 0. The minimum Gasteiger partial charge on any atom is -0.296 e. The Morgan fingerprint density at radius 1 is 1.04 bits per heavy atom. The number of nitrogens with zero attached hydrogens (tertiary/aromatic N) is 3. The van der Waals surface area contributed by atoms with E-state index in [1.165, 1.54) is 18.3 Å². The number of carbonyl (C=O) groups excluding carboxylic acids is 1. The quantitative estimate of drug-likeness (QED) is 0.375. The fraction of sp³-hybridized carbons (Fsp3) is 0.143. The molecule has 0 aliphatic rings. The van der Waals surface area contributed by atoms with Crippen molar-refractivity contribution in [3.63, 3.8) is 0 Å². The smallest absolute Gasteiger partial charge is 0.171 e. The molecule has 5 nitrogen and oxygen atoms in total. The molecular formula is C14H16BrFN4OU3. The summed E-state index contributed by atoms with van der Waals surface area (Å²) in [4.78, 5) is 17.5. The number of pyridine rings is 2. The molecule has 0 aliphatic heterocycles. The van der Waals surface area contributed by atoms with E-state index in [-0.39, 0.29) is 114 Å². The van der Waals surface area contributed by atoms with Gasteiger partial charge in [-0.15, -0.1) is 0 Å². The largest absolute Gasteiger partial charge is 0.296 e. The van der Waals surface area contributed by atoms with Crippen molar-refractivity contribution in [2.75, 3.05) is 0 Å². The van der Waals surface area contributed by atoms with Gasteiger partial charge in [0.15, 0.2) is 12.1 Å². The molecule has 0 atom stereocenters. The minimum absolute atomic E-state index is 0. The third-order valence-electron chi connectivity index (χ3n) is 2.17. The van der Waals surface area contributed by atoms with Gasteiger partial charge in [-0.05, 0) is 40.2 Å². The third-order valence-corrected chi connectivity index (χ3v) is 2.72. The van der Waals surface area contributed by atoms with Crippen LogP contribution in [0.3, 0.4) is 0 Å². The van der Waals surface area contributed by atoms with Crippen molar-refractivity contribution in [3.8, 4) is 0 Å². The molecule has 124 valence electrons. The molecule has 0 amide bonds. The molecule has 0 spiro atoms. The zero-order valence-corrected chi connectivity index (χ0v) is 25.1. The maximum Gasteiger partial charge on any atom is 0.171 e. The number of aldehydes is 1. The summed E-state index contributed by atoms with van der Waals surface area (Å²) in [5.41, 5.74) is 1.62. The van der Waals surface area contributed by atoms with E-state index in [1.807, 2.05) is 12.1 Å². The van der Waals surface area contributed by atoms with E-state index >= 15 is 0 Å². The summed E-state index contributed by atoms with van der Waals surface area (Å²) in [5.74, 6) is -0.576. The molecule has 0 aromatic carbocycles. The van der Waals surface area contributed by atoms with Crippen molar-refractivity contribution < 1.29 is 103 Å². The number of nitrogens with one attached hydrogen (secondary N) is 1. The van der Waals surface area contributed by atoms with Crippen molar-refractivity contribution in [1.82, 2.24) is 20.2 Å². The number of rotatable bonds is 1. The fourth-order valence-electron chi connectivity index (χ4n) is 1.30. The van der Waals surface area contributed by atoms with Gasteiger partial charge in [-0.1, -0.05) is 14.9 Å². The summed E-state index contributed by atoms with van der Waals surface area (Å²) < 4.78 is 13.1. The second-order valence-electron chi connectivity index (χ2n) is 3.40. The Morgan fingerprint density at radius 3 is 2.12 bits per heavy atom. The molecule has 3 aromatic heterocycles. The van der Waals surface area contributed by atoms with Crippen LogP contribution in [0.4, 0.5) is 4.39 Å². The first-order chi connectivity index (χ1) is 9.22. The number of hydrogen-bond donors (Lipinski definition) is 1. The zero-order chi connectivity index (χ0) is 13.7. The van der Waals surface area contributed by atoms with Gasteiger partial charge >= 0.3 is 0 Å². The maximum absolute atomic E-state index is 12.3. The SMILES string of the molecule is Brc1[nH]nc2cccnc12.C.C.O=Cc1ncccc1F.[U].[U].[U]. The summed E-state index contributed by atoms with van der Waals surface area (Å²) >= 11 is 3.29. The molecule has 0 saturated carbocycles. The van der Waals surface area contributed by atoms with Crippen molar-refractivity contribution in [3.05, 3.63) is 52.8 Å². The van der Waals surface area contributed by atoms with Gasteiger partial charge in [0.05, 0.1) is 0 Å². The molecule has 0 radical (unpaired) electrons. The molecule has 0 aliphatic carbocycles. The first kappa shape index (κ1) is 32.7. The van der Waals surface area contributed by atoms with Crippen LogP contribution in [-0.2, 0) is 0 Å². The normalized spacial score (nSPS) is 7.75. The maximum atomic E-state index is 12.3. The van der Waals surface area contributed by atoms with E-state index in [0.29, 0.717) is 6.29 Å². The molecular weight excluding hydrogens is 1050 g/mol. The molecule has 0 fully saturated rings. The van der Waals surface area contributed by atoms with Crippen molar-refractivity contribution in [2.24, 2.45) is 0 Å². The Labute approximate surface area is 220 Å². The third kappa shape index (κ3) is 9.63. The van der Waals surface area contributed by atoms with Crippen LogP contribution < -0.4 is 0 Å². The van der Waals surface area contributed by atoms with Crippen molar-refractivity contribution in [1.29, 1.82) is 0 Å². The van der Waals surface area contributed by atoms with Crippen LogP contribution in [-0.4, -0.2) is 26.5 Å². The minimum atomic E-state index is -0.576. The van der Waals surface area contributed by atoms with E-state index in [9.17, 15) is 9.18 Å². The number of carbonyl (C=O) groups is 1. The molecule has 0 unspecified atom stereocenters. The van der Waals surface area contributed by atoms with E-state index in [0.717, 1.165) is 15.6 Å². The van der Waals surface area contributed by atoms with Gasteiger partial charge in [0, 0.05) is 106 Å². The van der Waals surface area contributed by atoms with Crippen LogP contribution >= 0.6 is 15.9 Å². The summed E-state index contributed by atoms with van der Waals surface area (Å²) in [6.07, 6.45) is 3.49. The van der Waals surface area contributed by atoms with Gasteiger partial charge in [0.2, 0.25) is 0 Å². The number of aromatic amines is 1. The average molecular weight is 1070 g/mol. The van der Waals surface area contributed by atoms with Gasteiger partial charge < -0.3 is 0 Å². The molecule has 0 bridgehead atoms. The summed E-state index contributed by atoms with van der Waals surface area (Å²) in [6, 6.07) is 6.39. The number of aromatic nitrogens is 4. The molecule has 1 N–H and O–H groups in total. The first-order valence-corrected chi connectivity index (χ1v) is 6.02. The predicted molar refractivity (Wildman–Crippen MR) is 84.6 cm³/mol. The Bertz CT molecular complexity index is 715. The zero-order valence-electron chi connectivity index (χ0n) is 11.0. The average Bonchev–Trinajstić information content (AvgIpc) is 2.82. The molecule has 10 heteroatoms. The second kappa shape index (κ2) is 17.4. The standard InChI is InChI=1S/C6H4BrN3.C6H4FNO.2CH4.3U/c7-6-5-4(9-10-6)2-1-3-8-5;7-5-2-1-3-8-6(5)4-9;;;;;/h1-3H,(H,9,10);1-4H;2*1H4;;;. The molecule has 24 heavy (non-hydrogen) atoms. The Kier molecular flexibility index (Phi) is 23.7. The molecule has 3 heterocycles. The van der Waals surface area contributed by atoms with Gasteiger partial charge in [0.25, 0.3) is 0 Å². The van der Waals surface area contributed by atoms with E-state index in [1.54, 1.807) is 6.20 Å². The molecule has 3 rings (SSSR count). The van der Waals surface area contributed by atoms with Crippen molar-refractivity contribution >= 4 is 33.2 Å². The molecule has 0 saturated heterocycles. The van der Waals surface area contributed by atoms with Gasteiger partial charge in [0.1, 0.15) is 21.3 Å². The van der Waals surface area contributed by atoms with Gasteiger partial charge in [-0.2, -0.15) is 5.10 Å². The number of halogens is 2. The monoisotopic (exact) mass is 1070 g/mol. The van der Waals surface area contributed by atoms with Crippen molar-refractivity contribution in [2.45, 2.75) is 14.9 Å². The first-order valence-electron chi connectivity index (χ1n) is 5.22. The Balaban J connectivity index is -0.000000139. The van der Waals surface area contributed by atoms with Crippen LogP contribution in [0.5, 0.6) is 0 Å². The summed E-state index contributed by atoms with van der Waals surface area (Å²) in [6.45, 7) is 0. The topological polar surface area (TPSA) is 71.5 Å². The van der Waals surface area contributed by atoms with Crippen LogP contribution in [0, 0.1) is 99.2 Å². The number of fused-ring (bicyclic) bond motifs is 1. The summed E-state index contributed by atoms with van der Waals surface area (Å²) in [5, 5.41) is 6.76. The molecule has 3 aromatic rings. The Hall–Kier alpha value is 1.01. The van der Waals surface area contributed by atoms with Crippen LogP contribution in [0.15, 0.2) is 41.3 Å². The van der Waals surface area contributed by atoms with Gasteiger partial charge in [-0.25, -0.2) is 4.39 Å².